The molecule has 0 fully saturated rings. The first-order chi connectivity index (χ1) is 8.38. The first kappa shape index (κ1) is 13.3. The summed E-state index contributed by atoms with van der Waals surface area (Å²) in [4.78, 5) is 1.20. The summed E-state index contributed by atoms with van der Waals surface area (Å²) in [6, 6.07) is 4.07. The minimum absolute atomic E-state index is 0.0486. The number of aryl methyl sites for hydroxylation is 1. The normalized spacial score (nSPS) is 13.8. The molecule has 2 aromatic heterocycles. The van der Waals surface area contributed by atoms with Gasteiger partial charge in [-0.1, -0.05) is 26.8 Å². The van der Waals surface area contributed by atoms with Crippen LogP contribution in [0.15, 0.2) is 23.7 Å². The molecule has 0 aliphatic rings. The number of aliphatic hydroxyl groups excluding tert-OH is 1. The van der Waals surface area contributed by atoms with Gasteiger partial charge in [-0.2, -0.15) is 5.10 Å². The maximum absolute atomic E-state index is 10.4. The smallest absolute Gasteiger partial charge is 0.0871 e. The second-order valence-corrected chi connectivity index (χ2v) is 6.69. The number of nitrogens with zero attached hydrogens (tertiary/aromatic N) is 2. The van der Waals surface area contributed by atoms with Crippen molar-refractivity contribution in [1.29, 1.82) is 0 Å². The van der Waals surface area contributed by atoms with Crippen molar-refractivity contribution >= 4 is 11.3 Å². The highest BCUT2D eigenvalue weighted by Gasteiger charge is 2.25. The third kappa shape index (κ3) is 2.82. The van der Waals surface area contributed by atoms with Crippen molar-refractivity contribution in [3.05, 3.63) is 39.8 Å². The van der Waals surface area contributed by atoms with Crippen molar-refractivity contribution in [2.24, 2.45) is 7.05 Å². The molecular weight excluding hydrogens is 244 g/mol. The van der Waals surface area contributed by atoms with Crippen LogP contribution in [0.1, 0.15) is 43.0 Å². The molecule has 0 saturated carbocycles. The molecule has 3 nitrogen and oxygen atoms in total. The van der Waals surface area contributed by atoms with E-state index in [-0.39, 0.29) is 5.41 Å². The average Bonchev–Trinajstić information content (AvgIpc) is 2.85. The molecule has 0 amide bonds. The molecule has 1 N–H and O–H groups in total. The zero-order chi connectivity index (χ0) is 13.3. The summed E-state index contributed by atoms with van der Waals surface area (Å²) >= 11 is 1.68. The quantitative estimate of drug-likeness (QED) is 0.925. The van der Waals surface area contributed by atoms with Gasteiger partial charge in [0.1, 0.15) is 0 Å². The molecule has 2 aromatic rings. The van der Waals surface area contributed by atoms with Crippen molar-refractivity contribution in [3.63, 3.8) is 0 Å². The van der Waals surface area contributed by atoms with Gasteiger partial charge in [-0.15, -0.1) is 11.3 Å². The molecule has 1 unspecified atom stereocenters. The van der Waals surface area contributed by atoms with Crippen LogP contribution in [0.5, 0.6) is 0 Å². The Kier molecular flexibility index (Phi) is 3.59. The van der Waals surface area contributed by atoms with E-state index in [9.17, 15) is 5.11 Å². The van der Waals surface area contributed by atoms with E-state index < -0.39 is 6.10 Å². The van der Waals surface area contributed by atoms with Gasteiger partial charge in [0.15, 0.2) is 0 Å². The molecule has 0 saturated heterocycles. The van der Waals surface area contributed by atoms with Gasteiger partial charge in [-0.3, -0.25) is 4.68 Å². The Hall–Kier alpha value is -1.13. The van der Waals surface area contributed by atoms with E-state index in [1.54, 1.807) is 16.0 Å². The van der Waals surface area contributed by atoms with Crippen LogP contribution < -0.4 is 0 Å². The van der Waals surface area contributed by atoms with Gasteiger partial charge in [0, 0.05) is 35.5 Å². The second-order valence-electron chi connectivity index (χ2n) is 5.66. The first-order valence-corrected chi connectivity index (χ1v) is 7.00. The number of thiophene rings is 1. The van der Waals surface area contributed by atoms with Gasteiger partial charge >= 0.3 is 0 Å². The first-order valence-electron chi connectivity index (χ1n) is 6.12. The van der Waals surface area contributed by atoms with Crippen LogP contribution >= 0.6 is 11.3 Å². The lowest BCUT2D eigenvalue weighted by molar-refractivity contribution is 0.177. The molecule has 18 heavy (non-hydrogen) atoms. The van der Waals surface area contributed by atoms with Gasteiger partial charge in [-0.25, -0.2) is 0 Å². The van der Waals surface area contributed by atoms with E-state index in [0.29, 0.717) is 6.42 Å². The molecule has 2 heterocycles. The number of aromatic nitrogens is 2. The largest absolute Gasteiger partial charge is 0.388 e. The lowest BCUT2D eigenvalue weighted by Gasteiger charge is -2.19. The summed E-state index contributed by atoms with van der Waals surface area (Å²) < 4.78 is 1.79. The van der Waals surface area contributed by atoms with Crippen molar-refractivity contribution in [1.82, 2.24) is 9.78 Å². The predicted molar refractivity (Wildman–Crippen MR) is 74.9 cm³/mol. The van der Waals surface area contributed by atoms with Crippen LogP contribution in [0.3, 0.4) is 0 Å². The SMILES string of the molecule is Cn1cc(C(O)Cc2cccs2)c(C(C)(C)C)n1. The molecule has 98 valence electrons. The molecule has 2 rings (SSSR count). The fraction of sp³-hybridized carbons (Fsp3) is 0.500. The van der Waals surface area contributed by atoms with Crippen LogP contribution in [0.25, 0.3) is 0 Å². The zero-order valence-electron chi connectivity index (χ0n) is 11.3. The highest BCUT2D eigenvalue weighted by atomic mass is 32.1. The third-order valence-corrected chi connectivity index (χ3v) is 3.80. The Morgan fingerprint density at radius 1 is 1.44 bits per heavy atom. The van der Waals surface area contributed by atoms with Crippen molar-refractivity contribution in [2.45, 2.75) is 38.7 Å². The number of hydrogen-bond acceptors (Lipinski definition) is 3. The van der Waals surface area contributed by atoms with Gasteiger partial charge in [-0.05, 0) is 11.4 Å². The van der Waals surface area contributed by atoms with Crippen LogP contribution in [0.4, 0.5) is 0 Å². The van der Waals surface area contributed by atoms with Crippen LogP contribution in [-0.4, -0.2) is 14.9 Å². The Balaban J connectivity index is 2.27. The van der Waals surface area contributed by atoms with E-state index >= 15 is 0 Å². The van der Waals surface area contributed by atoms with Crippen LogP contribution in [0.2, 0.25) is 0 Å². The number of aliphatic hydroxyl groups is 1. The Bertz CT molecular complexity index is 508. The van der Waals surface area contributed by atoms with E-state index in [1.165, 1.54) is 4.88 Å². The van der Waals surface area contributed by atoms with Gasteiger partial charge < -0.3 is 5.11 Å². The predicted octanol–water partition coefficient (Wildman–Crippen LogP) is 3.06. The summed E-state index contributed by atoms with van der Waals surface area (Å²) in [5.41, 5.74) is 1.87. The van der Waals surface area contributed by atoms with E-state index in [0.717, 1.165) is 11.3 Å². The van der Waals surface area contributed by atoms with Crippen LogP contribution in [-0.2, 0) is 18.9 Å². The third-order valence-electron chi connectivity index (χ3n) is 2.90. The summed E-state index contributed by atoms with van der Waals surface area (Å²) in [5, 5.41) is 16.9. The van der Waals surface area contributed by atoms with Crippen molar-refractivity contribution in [2.75, 3.05) is 0 Å². The minimum Gasteiger partial charge on any atom is -0.388 e. The molecule has 0 aliphatic carbocycles. The van der Waals surface area contributed by atoms with Crippen molar-refractivity contribution in [3.8, 4) is 0 Å². The fourth-order valence-electron chi connectivity index (χ4n) is 2.06. The topological polar surface area (TPSA) is 38.0 Å². The van der Waals surface area contributed by atoms with Gasteiger partial charge in [0.25, 0.3) is 0 Å². The highest BCUT2D eigenvalue weighted by Crippen LogP contribution is 2.30. The Labute approximate surface area is 112 Å². The van der Waals surface area contributed by atoms with Crippen LogP contribution in [0, 0.1) is 0 Å². The summed E-state index contributed by atoms with van der Waals surface area (Å²) in [6.07, 6.45) is 2.11. The molecular formula is C14H20N2OS. The summed E-state index contributed by atoms with van der Waals surface area (Å²) in [6.45, 7) is 6.37. The monoisotopic (exact) mass is 264 g/mol. The van der Waals surface area contributed by atoms with E-state index in [4.69, 9.17) is 0 Å². The molecule has 1 atom stereocenters. The van der Waals surface area contributed by atoms with Crippen molar-refractivity contribution < 1.29 is 5.11 Å². The molecule has 0 spiro atoms. The molecule has 0 aromatic carbocycles. The molecule has 0 bridgehead atoms. The fourth-order valence-corrected chi connectivity index (χ4v) is 2.81. The average molecular weight is 264 g/mol. The maximum Gasteiger partial charge on any atom is 0.0871 e. The van der Waals surface area contributed by atoms with Gasteiger partial charge in [0.05, 0.1) is 11.8 Å². The lowest BCUT2D eigenvalue weighted by atomic mass is 9.87. The summed E-state index contributed by atoms with van der Waals surface area (Å²) in [7, 11) is 1.90. The Morgan fingerprint density at radius 2 is 2.17 bits per heavy atom. The molecule has 0 radical (unpaired) electrons. The second kappa shape index (κ2) is 4.86. The van der Waals surface area contributed by atoms with E-state index in [1.807, 2.05) is 24.7 Å². The molecule has 0 aliphatic heterocycles. The highest BCUT2D eigenvalue weighted by molar-refractivity contribution is 7.09. The zero-order valence-corrected chi connectivity index (χ0v) is 12.2. The maximum atomic E-state index is 10.4. The van der Waals surface area contributed by atoms with Gasteiger partial charge in [0.2, 0.25) is 0 Å². The summed E-state index contributed by atoms with van der Waals surface area (Å²) in [5.74, 6) is 0. The minimum atomic E-state index is -0.480. The Morgan fingerprint density at radius 3 is 2.72 bits per heavy atom. The number of hydrogen-bond donors (Lipinski definition) is 1. The standard InChI is InChI=1S/C14H20N2OS/c1-14(2,3)13-11(9-16(4)15-13)12(17)8-10-6-5-7-18-10/h5-7,9,12,17H,8H2,1-4H3. The number of rotatable bonds is 3. The molecule has 4 heteroatoms. The lowest BCUT2D eigenvalue weighted by Crippen LogP contribution is -2.16. The van der Waals surface area contributed by atoms with E-state index in [2.05, 4.69) is 31.9 Å².